The zero-order chi connectivity index (χ0) is 22.1. The fraction of sp³-hybridized carbons (Fsp3) is 0.480. The Bertz CT molecular complexity index is 860. The molecule has 1 fully saturated rings. The van der Waals surface area contributed by atoms with E-state index in [-0.39, 0.29) is 0 Å². The van der Waals surface area contributed by atoms with E-state index in [1.165, 1.54) is 11.1 Å². The molecule has 6 nitrogen and oxygen atoms in total. The summed E-state index contributed by atoms with van der Waals surface area (Å²) in [5.41, 5.74) is 3.85. The predicted octanol–water partition coefficient (Wildman–Crippen LogP) is 3.73. The van der Waals surface area contributed by atoms with Gasteiger partial charge in [0.15, 0.2) is 17.5 Å². The largest absolute Gasteiger partial charge is 0.493 e. The minimum absolute atomic E-state index is 0.440. The SMILES string of the molecule is CCOc1cc(CNC(=NC)NC2CCN(Cc3cccc(C)c3)CC2)ccc1OC. The predicted molar refractivity (Wildman–Crippen MR) is 127 cm³/mol. The van der Waals surface area contributed by atoms with Crippen LogP contribution < -0.4 is 20.1 Å². The molecule has 0 aromatic heterocycles. The van der Waals surface area contributed by atoms with E-state index in [1.54, 1.807) is 7.11 Å². The Labute approximate surface area is 186 Å². The quantitative estimate of drug-likeness (QED) is 0.500. The third-order valence-electron chi connectivity index (χ3n) is 5.63. The van der Waals surface area contributed by atoms with Crippen molar-refractivity contribution in [2.24, 2.45) is 4.99 Å². The van der Waals surface area contributed by atoms with Gasteiger partial charge >= 0.3 is 0 Å². The molecule has 0 unspecified atom stereocenters. The van der Waals surface area contributed by atoms with Crippen LogP contribution in [0.4, 0.5) is 0 Å². The molecular weight excluding hydrogens is 388 g/mol. The third kappa shape index (κ3) is 6.89. The van der Waals surface area contributed by atoms with Gasteiger partial charge in [-0.15, -0.1) is 0 Å². The Balaban J connectivity index is 1.46. The number of likely N-dealkylation sites (tertiary alicyclic amines) is 1. The summed E-state index contributed by atoms with van der Waals surface area (Å²) in [6.07, 6.45) is 2.23. The van der Waals surface area contributed by atoms with Gasteiger partial charge in [-0.3, -0.25) is 9.89 Å². The van der Waals surface area contributed by atoms with E-state index in [9.17, 15) is 0 Å². The molecule has 0 amide bonds. The summed E-state index contributed by atoms with van der Waals surface area (Å²) >= 11 is 0. The van der Waals surface area contributed by atoms with Crippen LogP contribution in [0.3, 0.4) is 0 Å². The first-order valence-electron chi connectivity index (χ1n) is 11.2. The van der Waals surface area contributed by atoms with Crippen LogP contribution in [-0.4, -0.2) is 50.8 Å². The summed E-state index contributed by atoms with van der Waals surface area (Å²) in [6.45, 7) is 8.64. The molecular formula is C25H36N4O2. The molecule has 0 atom stereocenters. The molecule has 0 saturated carbocycles. The molecule has 0 radical (unpaired) electrons. The molecule has 1 aliphatic rings. The van der Waals surface area contributed by atoms with Crippen molar-refractivity contribution in [2.75, 3.05) is 33.9 Å². The highest BCUT2D eigenvalue weighted by Gasteiger charge is 2.20. The van der Waals surface area contributed by atoms with Crippen molar-refractivity contribution >= 4 is 5.96 Å². The summed E-state index contributed by atoms with van der Waals surface area (Å²) in [6, 6.07) is 15.3. The monoisotopic (exact) mass is 424 g/mol. The normalized spacial score (nSPS) is 15.5. The van der Waals surface area contributed by atoms with Crippen LogP contribution in [0, 0.1) is 6.92 Å². The van der Waals surface area contributed by atoms with Gasteiger partial charge in [0.1, 0.15) is 0 Å². The number of guanidine groups is 1. The average molecular weight is 425 g/mol. The van der Waals surface area contributed by atoms with Gasteiger partial charge in [0.2, 0.25) is 0 Å². The number of aryl methyl sites for hydroxylation is 1. The molecule has 1 saturated heterocycles. The molecule has 6 heteroatoms. The minimum Gasteiger partial charge on any atom is -0.493 e. The first-order valence-corrected chi connectivity index (χ1v) is 11.2. The van der Waals surface area contributed by atoms with E-state index in [0.717, 1.165) is 55.5 Å². The number of ether oxygens (including phenoxy) is 2. The van der Waals surface area contributed by atoms with E-state index in [4.69, 9.17) is 9.47 Å². The van der Waals surface area contributed by atoms with Crippen LogP contribution in [0.2, 0.25) is 0 Å². The Morgan fingerprint density at radius 3 is 2.58 bits per heavy atom. The second kappa shape index (κ2) is 11.6. The number of rotatable bonds is 8. The lowest BCUT2D eigenvalue weighted by Gasteiger charge is -2.33. The molecule has 2 aromatic rings. The van der Waals surface area contributed by atoms with E-state index < -0.39 is 0 Å². The average Bonchev–Trinajstić information content (AvgIpc) is 2.78. The first-order chi connectivity index (χ1) is 15.1. The second-order valence-electron chi connectivity index (χ2n) is 8.03. The van der Waals surface area contributed by atoms with Crippen molar-refractivity contribution in [3.63, 3.8) is 0 Å². The van der Waals surface area contributed by atoms with E-state index in [2.05, 4.69) is 51.7 Å². The van der Waals surface area contributed by atoms with Crippen LogP contribution in [0.1, 0.15) is 36.5 Å². The van der Waals surface area contributed by atoms with Gasteiger partial charge in [0.05, 0.1) is 13.7 Å². The van der Waals surface area contributed by atoms with Gasteiger partial charge in [-0.25, -0.2) is 0 Å². The van der Waals surface area contributed by atoms with Gasteiger partial charge in [-0.1, -0.05) is 35.9 Å². The highest BCUT2D eigenvalue weighted by atomic mass is 16.5. The number of nitrogens with one attached hydrogen (secondary N) is 2. The number of piperidine rings is 1. The summed E-state index contributed by atoms with van der Waals surface area (Å²) in [5, 5.41) is 7.01. The molecule has 2 aromatic carbocycles. The Morgan fingerprint density at radius 2 is 1.90 bits per heavy atom. The van der Waals surface area contributed by atoms with Crippen molar-refractivity contribution in [3.05, 3.63) is 59.2 Å². The Hall–Kier alpha value is -2.73. The molecule has 0 spiro atoms. The fourth-order valence-electron chi connectivity index (χ4n) is 3.98. The molecule has 31 heavy (non-hydrogen) atoms. The highest BCUT2D eigenvalue weighted by Crippen LogP contribution is 2.28. The van der Waals surface area contributed by atoms with Crippen molar-refractivity contribution in [2.45, 2.75) is 45.8 Å². The summed E-state index contributed by atoms with van der Waals surface area (Å²) in [5.74, 6) is 2.37. The van der Waals surface area contributed by atoms with Gasteiger partial charge in [0.25, 0.3) is 0 Å². The van der Waals surface area contributed by atoms with Crippen LogP contribution in [-0.2, 0) is 13.1 Å². The van der Waals surface area contributed by atoms with Crippen LogP contribution in [0.15, 0.2) is 47.5 Å². The molecule has 0 bridgehead atoms. The van der Waals surface area contributed by atoms with Crippen molar-refractivity contribution < 1.29 is 9.47 Å². The number of methoxy groups -OCH3 is 1. The number of hydrogen-bond donors (Lipinski definition) is 2. The molecule has 2 N–H and O–H groups in total. The number of aliphatic imine (C=N–C) groups is 1. The van der Waals surface area contributed by atoms with Crippen molar-refractivity contribution in [1.29, 1.82) is 0 Å². The molecule has 1 aliphatic heterocycles. The van der Waals surface area contributed by atoms with Crippen molar-refractivity contribution in [1.82, 2.24) is 15.5 Å². The topological polar surface area (TPSA) is 58.1 Å². The highest BCUT2D eigenvalue weighted by molar-refractivity contribution is 5.80. The summed E-state index contributed by atoms with van der Waals surface area (Å²) in [7, 11) is 3.48. The maximum absolute atomic E-state index is 5.68. The Kier molecular flexibility index (Phi) is 8.59. The zero-order valence-corrected chi connectivity index (χ0v) is 19.3. The number of benzene rings is 2. The van der Waals surface area contributed by atoms with Gasteiger partial charge in [-0.2, -0.15) is 0 Å². The van der Waals surface area contributed by atoms with E-state index in [1.807, 2.05) is 32.2 Å². The molecule has 168 valence electrons. The number of nitrogens with zero attached hydrogens (tertiary/aromatic N) is 2. The lowest BCUT2D eigenvalue weighted by molar-refractivity contribution is 0.198. The van der Waals surface area contributed by atoms with Gasteiger partial charge in [-0.05, 0) is 49.9 Å². The summed E-state index contributed by atoms with van der Waals surface area (Å²) in [4.78, 5) is 6.95. The van der Waals surface area contributed by atoms with E-state index >= 15 is 0 Å². The van der Waals surface area contributed by atoms with Crippen LogP contribution in [0.25, 0.3) is 0 Å². The second-order valence-corrected chi connectivity index (χ2v) is 8.03. The maximum Gasteiger partial charge on any atom is 0.191 e. The molecule has 1 heterocycles. The van der Waals surface area contributed by atoms with Crippen LogP contribution >= 0.6 is 0 Å². The lowest BCUT2D eigenvalue weighted by Crippen LogP contribution is -2.48. The molecule has 3 rings (SSSR count). The zero-order valence-electron chi connectivity index (χ0n) is 19.3. The Morgan fingerprint density at radius 1 is 1.10 bits per heavy atom. The standard InChI is InChI=1S/C25H36N4O2/c1-5-31-24-16-20(9-10-23(24)30-4)17-27-25(26-3)28-22-11-13-29(14-12-22)18-21-8-6-7-19(2)15-21/h6-10,15-16,22H,5,11-14,17-18H2,1-4H3,(H2,26,27,28). The molecule has 0 aliphatic carbocycles. The van der Waals surface area contributed by atoms with Gasteiger partial charge in [0, 0.05) is 39.3 Å². The minimum atomic E-state index is 0.440. The first kappa shape index (κ1) is 22.9. The summed E-state index contributed by atoms with van der Waals surface area (Å²) < 4.78 is 11.0. The fourth-order valence-corrected chi connectivity index (χ4v) is 3.98. The lowest BCUT2D eigenvalue weighted by atomic mass is 10.0. The van der Waals surface area contributed by atoms with E-state index in [0.29, 0.717) is 19.2 Å². The van der Waals surface area contributed by atoms with Gasteiger partial charge < -0.3 is 20.1 Å². The van der Waals surface area contributed by atoms with Crippen molar-refractivity contribution in [3.8, 4) is 11.5 Å². The maximum atomic E-state index is 5.68. The smallest absolute Gasteiger partial charge is 0.191 e. The third-order valence-corrected chi connectivity index (χ3v) is 5.63. The van der Waals surface area contributed by atoms with Crippen LogP contribution in [0.5, 0.6) is 11.5 Å². The number of hydrogen-bond acceptors (Lipinski definition) is 4.